The molecule has 0 saturated heterocycles. The van der Waals surface area contributed by atoms with Gasteiger partial charge in [-0.2, -0.15) is 0 Å². The van der Waals surface area contributed by atoms with Crippen LogP contribution in [0.1, 0.15) is 36.5 Å². The van der Waals surface area contributed by atoms with E-state index in [1.54, 1.807) is 18.0 Å². The van der Waals surface area contributed by atoms with Gasteiger partial charge in [-0.25, -0.2) is 4.98 Å². The molecular weight excluding hydrogens is 278 g/mol. The molecule has 0 fully saturated rings. The van der Waals surface area contributed by atoms with Gasteiger partial charge in [-0.15, -0.1) is 0 Å². The van der Waals surface area contributed by atoms with Crippen molar-refractivity contribution in [1.82, 2.24) is 14.5 Å². The molecule has 5 nitrogen and oxygen atoms in total. The quantitative estimate of drug-likeness (QED) is 0.922. The van der Waals surface area contributed by atoms with Crippen LogP contribution in [0.4, 0.5) is 0 Å². The molecule has 0 radical (unpaired) electrons. The molecule has 1 unspecified atom stereocenters. The summed E-state index contributed by atoms with van der Waals surface area (Å²) in [4.78, 5) is 18.8. The topological polar surface area (TPSA) is 58.4 Å². The van der Waals surface area contributed by atoms with Gasteiger partial charge in [0.15, 0.2) is 0 Å². The van der Waals surface area contributed by atoms with Crippen LogP contribution in [-0.2, 0) is 7.05 Å². The van der Waals surface area contributed by atoms with Crippen LogP contribution >= 0.6 is 0 Å². The zero-order valence-electron chi connectivity index (χ0n) is 14.0. The van der Waals surface area contributed by atoms with E-state index < -0.39 is 0 Å². The molecule has 1 aromatic heterocycles. The summed E-state index contributed by atoms with van der Waals surface area (Å²) in [7, 11) is 3.70. The average molecular weight is 303 g/mol. The molecule has 1 atom stereocenters. The van der Waals surface area contributed by atoms with Gasteiger partial charge < -0.3 is 14.6 Å². The number of imidazole rings is 1. The number of rotatable bonds is 5. The largest absolute Gasteiger partial charge is 0.394 e. The van der Waals surface area contributed by atoms with Crippen molar-refractivity contribution in [3.63, 3.8) is 0 Å². The van der Waals surface area contributed by atoms with E-state index in [9.17, 15) is 9.90 Å². The molecule has 5 heteroatoms. The predicted octanol–water partition coefficient (Wildman–Crippen LogP) is 2.36. The fourth-order valence-electron chi connectivity index (χ4n) is 2.71. The zero-order valence-corrected chi connectivity index (χ0v) is 14.0. The Labute approximate surface area is 131 Å². The smallest absolute Gasteiger partial charge is 0.254 e. The third kappa shape index (κ3) is 3.14. The predicted molar refractivity (Wildman–Crippen MR) is 87.9 cm³/mol. The molecule has 0 saturated carbocycles. The molecular formula is C17H25N3O2. The minimum Gasteiger partial charge on any atom is -0.394 e. The van der Waals surface area contributed by atoms with E-state index in [1.165, 1.54) is 0 Å². The second-order valence-electron chi connectivity index (χ2n) is 6.30. The number of nitrogens with zero attached hydrogens (tertiary/aromatic N) is 3. The number of benzene rings is 1. The molecule has 0 aliphatic carbocycles. The summed E-state index contributed by atoms with van der Waals surface area (Å²) >= 11 is 0. The number of hydrogen-bond acceptors (Lipinski definition) is 3. The van der Waals surface area contributed by atoms with Crippen molar-refractivity contribution >= 4 is 16.9 Å². The van der Waals surface area contributed by atoms with Gasteiger partial charge in [0.2, 0.25) is 0 Å². The third-order valence-electron chi connectivity index (χ3n) is 4.17. The Balaban J connectivity index is 2.30. The highest BCUT2D eigenvalue weighted by Crippen LogP contribution is 2.19. The lowest BCUT2D eigenvalue weighted by Crippen LogP contribution is -2.40. The number of likely N-dealkylation sites (N-methyl/N-ethyl adjacent to an activating group) is 1. The van der Waals surface area contributed by atoms with Crippen LogP contribution in [0, 0.1) is 12.8 Å². The van der Waals surface area contributed by atoms with Gasteiger partial charge in [0.05, 0.1) is 23.7 Å². The summed E-state index contributed by atoms with van der Waals surface area (Å²) in [5.74, 6) is 1.27. The van der Waals surface area contributed by atoms with Crippen LogP contribution < -0.4 is 0 Å². The maximum atomic E-state index is 12.7. The molecule has 0 spiro atoms. The normalized spacial score (nSPS) is 12.9. The van der Waals surface area contributed by atoms with E-state index in [-0.39, 0.29) is 18.6 Å². The molecule has 0 bridgehead atoms. The molecule has 1 heterocycles. The second kappa shape index (κ2) is 6.48. The van der Waals surface area contributed by atoms with Crippen LogP contribution in [0.25, 0.3) is 11.0 Å². The first-order valence-corrected chi connectivity index (χ1v) is 7.66. The highest BCUT2D eigenvalue weighted by molar-refractivity contribution is 5.97. The Bertz CT molecular complexity index is 676. The number of aliphatic hydroxyl groups is 1. The van der Waals surface area contributed by atoms with Crippen molar-refractivity contribution in [2.24, 2.45) is 13.0 Å². The monoisotopic (exact) mass is 303 g/mol. The molecule has 22 heavy (non-hydrogen) atoms. The second-order valence-corrected chi connectivity index (χ2v) is 6.30. The van der Waals surface area contributed by atoms with E-state index in [2.05, 4.69) is 18.8 Å². The average Bonchev–Trinajstić information content (AvgIpc) is 2.77. The lowest BCUT2D eigenvalue weighted by Gasteiger charge is -2.28. The Kier molecular flexibility index (Phi) is 4.86. The number of aryl methyl sites for hydroxylation is 2. The van der Waals surface area contributed by atoms with E-state index in [0.29, 0.717) is 11.5 Å². The summed E-state index contributed by atoms with van der Waals surface area (Å²) in [6, 6.07) is 5.39. The highest BCUT2D eigenvalue weighted by atomic mass is 16.3. The Morgan fingerprint density at radius 1 is 1.41 bits per heavy atom. The van der Waals surface area contributed by atoms with Gasteiger partial charge in [-0.3, -0.25) is 4.79 Å². The molecule has 0 aliphatic rings. The first-order valence-electron chi connectivity index (χ1n) is 7.66. The summed E-state index contributed by atoms with van der Waals surface area (Å²) in [5, 5.41) is 9.55. The van der Waals surface area contributed by atoms with Crippen LogP contribution in [0.15, 0.2) is 18.2 Å². The molecule has 2 aromatic rings. The van der Waals surface area contributed by atoms with E-state index in [0.717, 1.165) is 23.3 Å². The maximum Gasteiger partial charge on any atom is 0.254 e. The summed E-state index contributed by atoms with van der Waals surface area (Å²) < 4.78 is 1.98. The first kappa shape index (κ1) is 16.5. The molecule has 1 N–H and O–H groups in total. The van der Waals surface area contributed by atoms with Crippen molar-refractivity contribution in [2.45, 2.75) is 33.2 Å². The highest BCUT2D eigenvalue weighted by Gasteiger charge is 2.22. The number of fused-ring (bicyclic) bond motifs is 1. The minimum atomic E-state index is -0.156. The summed E-state index contributed by atoms with van der Waals surface area (Å²) in [6.45, 7) is 6.10. The number of hydrogen-bond donors (Lipinski definition) is 1. The summed E-state index contributed by atoms with van der Waals surface area (Å²) in [6.07, 6.45) is 0.784. The minimum absolute atomic E-state index is 0.0204. The Morgan fingerprint density at radius 2 is 2.09 bits per heavy atom. The molecule has 1 aromatic carbocycles. The van der Waals surface area contributed by atoms with Gasteiger partial charge >= 0.3 is 0 Å². The van der Waals surface area contributed by atoms with Crippen molar-refractivity contribution < 1.29 is 9.90 Å². The molecule has 2 rings (SSSR count). The lowest BCUT2D eigenvalue weighted by atomic mass is 10.0. The van der Waals surface area contributed by atoms with Gasteiger partial charge in [-0.05, 0) is 37.5 Å². The van der Waals surface area contributed by atoms with Crippen molar-refractivity contribution in [3.05, 3.63) is 29.6 Å². The van der Waals surface area contributed by atoms with Crippen LogP contribution in [0.5, 0.6) is 0 Å². The number of carbonyl (C=O) groups is 1. The van der Waals surface area contributed by atoms with E-state index in [1.807, 2.05) is 30.7 Å². The fourth-order valence-corrected chi connectivity index (χ4v) is 2.71. The standard InChI is InChI=1S/C17H25N3O2/c1-11(2)8-14(10-21)20(5)17(22)13-6-7-15-16(9-13)19(4)12(3)18-15/h6-7,9,11,14,21H,8,10H2,1-5H3. The van der Waals surface area contributed by atoms with E-state index >= 15 is 0 Å². The fraction of sp³-hybridized carbons (Fsp3) is 0.529. The number of carbonyl (C=O) groups excluding carboxylic acids is 1. The number of aromatic nitrogens is 2. The number of aliphatic hydroxyl groups excluding tert-OH is 1. The van der Waals surface area contributed by atoms with Crippen molar-refractivity contribution in [2.75, 3.05) is 13.7 Å². The van der Waals surface area contributed by atoms with E-state index in [4.69, 9.17) is 0 Å². The summed E-state index contributed by atoms with van der Waals surface area (Å²) in [5.41, 5.74) is 2.46. The lowest BCUT2D eigenvalue weighted by molar-refractivity contribution is 0.0630. The van der Waals surface area contributed by atoms with Gasteiger partial charge in [0, 0.05) is 19.7 Å². The SMILES string of the molecule is Cc1nc2ccc(C(=O)N(C)C(CO)CC(C)C)cc2n1C. The van der Waals surface area contributed by atoms with Crippen LogP contribution in [0.2, 0.25) is 0 Å². The van der Waals surface area contributed by atoms with Gasteiger partial charge in [0.25, 0.3) is 5.91 Å². The van der Waals surface area contributed by atoms with Crippen LogP contribution in [-0.4, -0.2) is 45.2 Å². The van der Waals surface area contributed by atoms with Crippen molar-refractivity contribution in [3.8, 4) is 0 Å². The Hall–Kier alpha value is -1.88. The number of amides is 1. The van der Waals surface area contributed by atoms with Crippen LogP contribution in [0.3, 0.4) is 0 Å². The maximum absolute atomic E-state index is 12.7. The zero-order chi connectivity index (χ0) is 16.4. The molecule has 1 amide bonds. The molecule has 120 valence electrons. The Morgan fingerprint density at radius 3 is 2.68 bits per heavy atom. The third-order valence-corrected chi connectivity index (χ3v) is 4.17. The van der Waals surface area contributed by atoms with Crippen molar-refractivity contribution in [1.29, 1.82) is 0 Å². The van der Waals surface area contributed by atoms with Gasteiger partial charge in [-0.1, -0.05) is 13.8 Å². The molecule has 0 aliphatic heterocycles. The first-order chi connectivity index (χ1) is 10.3. The van der Waals surface area contributed by atoms with Gasteiger partial charge in [0.1, 0.15) is 5.82 Å².